The fourth-order valence-electron chi connectivity index (χ4n) is 4.27. The van der Waals surface area contributed by atoms with E-state index >= 15 is 4.39 Å². The van der Waals surface area contributed by atoms with Gasteiger partial charge >= 0.3 is 5.97 Å². The van der Waals surface area contributed by atoms with Crippen LogP contribution >= 0.6 is 0 Å². The molecule has 3 heterocycles. The lowest BCUT2D eigenvalue weighted by Gasteiger charge is -2.29. The molecule has 0 bridgehead atoms. The van der Waals surface area contributed by atoms with E-state index in [1.54, 1.807) is 33.7 Å². The third-order valence-electron chi connectivity index (χ3n) is 5.71. The monoisotopic (exact) mass is 437 g/mol. The van der Waals surface area contributed by atoms with E-state index in [2.05, 4.69) is 6.58 Å². The first-order chi connectivity index (χ1) is 15.4. The fraction of sp³-hybridized carbons (Fsp3) is 0.217. The molecular weight excluding hydrogens is 417 g/mol. The summed E-state index contributed by atoms with van der Waals surface area (Å²) in [6.07, 6.45) is 3.54. The lowest BCUT2D eigenvalue weighted by Crippen LogP contribution is -2.28. The number of nitrogens with two attached hydrogens (primary N) is 1. The fourth-order valence-corrected chi connectivity index (χ4v) is 4.27. The summed E-state index contributed by atoms with van der Waals surface area (Å²) in [5, 5.41) is 9.50. The summed E-state index contributed by atoms with van der Waals surface area (Å²) in [4.78, 5) is 26.4. The van der Waals surface area contributed by atoms with Gasteiger partial charge in [0.1, 0.15) is 29.1 Å². The van der Waals surface area contributed by atoms with Gasteiger partial charge in [0, 0.05) is 31.4 Å². The molecular formula is C23H20FN3O5. The first-order valence-corrected chi connectivity index (χ1v) is 10.1. The van der Waals surface area contributed by atoms with E-state index in [0.29, 0.717) is 42.2 Å². The van der Waals surface area contributed by atoms with Crippen LogP contribution in [0.3, 0.4) is 0 Å². The Labute approximate surface area is 181 Å². The highest BCUT2D eigenvalue weighted by molar-refractivity contribution is 5.99. The van der Waals surface area contributed by atoms with Gasteiger partial charge in [-0.25, -0.2) is 9.18 Å². The summed E-state index contributed by atoms with van der Waals surface area (Å²) in [7, 11) is 0. The molecule has 3 aromatic rings. The number of aromatic nitrogens is 1. The molecule has 1 saturated heterocycles. The normalized spacial score (nSPS) is 16.6. The number of rotatable bonds is 5. The Balaban J connectivity index is 1.83. The summed E-state index contributed by atoms with van der Waals surface area (Å²) < 4.78 is 28.6. The molecule has 3 N–H and O–H groups in total. The van der Waals surface area contributed by atoms with E-state index in [0.717, 1.165) is 6.07 Å². The van der Waals surface area contributed by atoms with E-state index in [1.165, 1.54) is 6.20 Å². The molecule has 0 amide bonds. The van der Waals surface area contributed by atoms with Crippen LogP contribution in [0.1, 0.15) is 16.8 Å². The van der Waals surface area contributed by atoms with Crippen molar-refractivity contribution >= 4 is 22.6 Å². The van der Waals surface area contributed by atoms with Gasteiger partial charge in [0.2, 0.25) is 5.43 Å². The average Bonchev–Trinajstić information content (AvgIpc) is 3.19. The topological polar surface area (TPSA) is 107 Å². The van der Waals surface area contributed by atoms with E-state index in [9.17, 15) is 14.7 Å². The van der Waals surface area contributed by atoms with Crippen LogP contribution < -0.4 is 25.5 Å². The first-order valence-electron chi connectivity index (χ1n) is 10.1. The third kappa shape index (κ3) is 3.01. The maximum Gasteiger partial charge on any atom is 0.341 e. The van der Waals surface area contributed by atoms with Crippen LogP contribution in [-0.4, -0.2) is 41.4 Å². The molecule has 0 radical (unpaired) electrons. The second-order valence-corrected chi connectivity index (χ2v) is 7.81. The van der Waals surface area contributed by atoms with Crippen LogP contribution in [0.15, 0.2) is 47.9 Å². The minimum absolute atomic E-state index is 0.0762. The van der Waals surface area contributed by atoms with Gasteiger partial charge in [-0.15, -0.1) is 0 Å². The van der Waals surface area contributed by atoms with Crippen molar-refractivity contribution in [2.45, 2.75) is 12.5 Å². The number of carboxylic acids is 1. The highest BCUT2D eigenvalue weighted by Gasteiger charge is 2.32. The number of carboxylic acid groups (broad SMARTS) is 1. The van der Waals surface area contributed by atoms with Gasteiger partial charge in [0.15, 0.2) is 17.3 Å². The van der Waals surface area contributed by atoms with Crippen molar-refractivity contribution in [3.63, 3.8) is 0 Å². The summed E-state index contributed by atoms with van der Waals surface area (Å²) in [5.41, 5.74) is 5.76. The van der Waals surface area contributed by atoms with E-state index in [-0.39, 0.29) is 29.5 Å². The van der Waals surface area contributed by atoms with Gasteiger partial charge in [-0.2, -0.15) is 0 Å². The predicted octanol–water partition coefficient (Wildman–Crippen LogP) is 3.04. The third-order valence-corrected chi connectivity index (χ3v) is 5.71. The largest absolute Gasteiger partial charge is 0.489 e. The van der Waals surface area contributed by atoms with Crippen LogP contribution in [0.5, 0.6) is 17.2 Å². The number of pyridine rings is 1. The number of nitrogens with zero attached hydrogens (tertiary/aromatic N) is 2. The van der Waals surface area contributed by atoms with Gasteiger partial charge in [-0.05, 0) is 24.6 Å². The van der Waals surface area contributed by atoms with Crippen LogP contribution in [0, 0.1) is 5.82 Å². The zero-order valence-electron chi connectivity index (χ0n) is 17.0. The number of ether oxygens (including phenoxy) is 2. The van der Waals surface area contributed by atoms with E-state index in [1.807, 2.05) is 0 Å². The standard InChI is InChI=1S/C23H20FN3O5/c1-2-7-31-13-3-4-18-17(8-13)27-11-15(23(29)30)21(28)14-9-16(24)20(22(32-18)19(14)27)26-6-5-12(25)10-26/h2-4,8-9,11-12H,1,5-7,10,25H2,(H,29,30)/t12-/m0/s1. The molecule has 0 spiro atoms. The molecule has 0 unspecified atom stereocenters. The lowest BCUT2D eigenvalue weighted by atomic mass is 10.1. The van der Waals surface area contributed by atoms with E-state index < -0.39 is 22.8 Å². The molecule has 0 saturated carbocycles. The van der Waals surface area contributed by atoms with Gasteiger partial charge in [0.25, 0.3) is 0 Å². The maximum absolute atomic E-state index is 15.3. The van der Waals surface area contributed by atoms with Crippen LogP contribution in [-0.2, 0) is 0 Å². The quantitative estimate of drug-likeness (QED) is 0.462. The summed E-state index contributed by atoms with van der Waals surface area (Å²) in [6, 6.07) is 6.00. The molecule has 0 aliphatic carbocycles. The highest BCUT2D eigenvalue weighted by Crippen LogP contribution is 2.47. The Morgan fingerprint density at radius 2 is 2.22 bits per heavy atom. The summed E-state index contributed by atoms with van der Waals surface area (Å²) in [5.74, 6) is -1.02. The minimum atomic E-state index is -1.40. The Morgan fingerprint density at radius 1 is 1.41 bits per heavy atom. The molecule has 2 aliphatic heterocycles. The van der Waals surface area contributed by atoms with Crippen molar-refractivity contribution in [1.82, 2.24) is 4.57 Å². The predicted molar refractivity (Wildman–Crippen MR) is 117 cm³/mol. The van der Waals surface area contributed by atoms with Crippen LogP contribution in [0.25, 0.3) is 16.6 Å². The SMILES string of the molecule is C=CCOc1ccc2c(c1)-n1cc(C(=O)O)c(=O)c3cc(F)c(N4CC[C@H](N)C4)c(c31)O2. The molecule has 2 aliphatic rings. The molecule has 5 rings (SSSR count). The number of hydrogen-bond acceptors (Lipinski definition) is 6. The van der Waals surface area contributed by atoms with Gasteiger partial charge in [0.05, 0.1) is 11.1 Å². The zero-order chi connectivity index (χ0) is 22.6. The van der Waals surface area contributed by atoms with Crippen molar-refractivity contribution < 1.29 is 23.8 Å². The molecule has 1 atom stereocenters. The first kappa shape index (κ1) is 20.1. The van der Waals surface area contributed by atoms with Crippen molar-refractivity contribution in [2.75, 3.05) is 24.6 Å². The van der Waals surface area contributed by atoms with Crippen LogP contribution in [0.4, 0.5) is 10.1 Å². The van der Waals surface area contributed by atoms with Crippen molar-refractivity contribution in [1.29, 1.82) is 0 Å². The number of aromatic carboxylic acids is 1. The number of benzene rings is 2. The number of carbonyl (C=O) groups is 1. The molecule has 32 heavy (non-hydrogen) atoms. The average molecular weight is 437 g/mol. The molecule has 1 fully saturated rings. The van der Waals surface area contributed by atoms with Gasteiger partial charge in [-0.3, -0.25) is 4.79 Å². The van der Waals surface area contributed by atoms with E-state index in [4.69, 9.17) is 15.2 Å². The smallest absolute Gasteiger partial charge is 0.341 e. The molecule has 8 nitrogen and oxygen atoms in total. The van der Waals surface area contributed by atoms with Gasteiger partial charge < -0.3 is 29.8 Å². The molecule has 9 heteroatoms. The molecule has 1 aromatic heterocycles. The second kappa shape index (κ2) is 7.38. The van der Waals surface area contributed by atoms with Gasteiger partial charge in [-0.1, -0.05) is 12.7 Å². The molecule has 2 aromatic carbocycles. The Morgan fingerprint density at radius 3 is 2.91 bits per heavy atom. The Bertz CT molecular complexity index is 1350. The van der Waals surface area contributed by atoms with Crippen molar-refractivity contribution in [2.24, 2.45) is 5.73 Å². The minimum Gasteiger partial charge on any atom is -0.489 e. The lowest BCUT2D eigenvalue weighted by molar-refractivity contribution is 0.0695. The number of hydrogen-bond donors (Lipinski definition) is 2. The van der Waals surface area contributed by atoms with Crippen molar-refractivity contribution in [3.05, 3.63) is 64.7 Å². The Kier molecular flexibility index (Phi) is 4.63. The highest BCUT2D eigenvalue weighted by atomic mass is 19.1. The number of anilines is 1. The maximum atomic E-state index is 15.3. The van der Waals surface area contributed by atoms with Crippen LogP contribution in [0.2, 0.25) is 0 Å². The number of halogens is 1. The summed E-state index contributed by atoms with van der Waals surface area (Å²) >= 11 is 0. The Hall–Kier alpha value is -3.85. The second-order valence-electron chi connectivity index (χ2n) is 7.81. The zero-order valence-corrected chi connectivity index (χ0v) is 17.0. The summed E-state index contributed by atoms with van der Waals surface area (Å²) in [6.45, 7) is 4.88. The number of fused-ring (bicyclic) bond motifs is 2. The molecule has 164 valence electrons. The van der Waals surface area contributed by atoms with Crippen molar-refractivity contribution in [3.8, 4) is 22.9 Å².